The monoisotopic (exact) mass is 435 g/mol. The van der Waals surface area contributed by atoms with Crippen molar-refractivity contribution < 1.29 is 31.8 Å². The second kappa shape index (κ2) is 9.41. The van der Waals surface area contributed by atoms with Crippen LogP contribution in [0.2, 0.25) is 0 Å². The second-order valence-electron chi connectivity index (χ2n) is 6.36. The van der Waals surface area contributed by atoms with Gasteiger partial charge in [0.05, 0.1) is 19.4 Å². The maximum absolute atomic E-state index is 13.2. The van der Waals surface area contributed by atoms with Crippen molar-refractivity contribution >= 4 is 5.91 Å². The molecule has 0 saturated heterocycles. The molecule has 0 bridgehead atoms. The lowest BCUT2D eigenvalue weighted by Crippen LogP contribution is -2.13. The van der Waals surface area contributed by atoms with Gasteiger partial charge in [0.2, 0.25) is 0 Å². The van der Waals surface area contributed by atoms with E-state index in [0.29, 0.717) is 23.3 Å². The van der Waals surface area contributed by atoms with Gasteiger partial charge >= 0.3 is 6.18 Å². The van der Waals surface area contributed by atoms with Crippen molar-refractivity contribution in [2.24, 2.45) is 5.73 Å². The standard InChI is InChI=1S/C21H17F4N3O3/c22-14-4-2-13(3-5-14)16-11-17(20(26)29)28-12-18(16)31-9-1-8-30-15-6-7-27-19(10-15)21(23,24)25/h2-7,10-12H,1,8-9H2,(H2,26,29). The van der Waals surface area contributed by atoms with E-state index >= 15 is 0 Å². The molecular formula is C21H17F4N3O3. The number of hydrogen-bond donors (Lipinski definition) is 1. The molecule has 0 unspecified atom stereocenters. The molecule has 0 fully saturated rings. The summed E-state index contributed by atoms with van der Waals surface area (Å²) in [5.41, 5.74) is 5.34. The normalized spacial score (nSPS) is 11.2. The van der Waals surface area contributed by atoms with Crippen LogP contribution in [0.5, 0.6) is 11.5 Å². The Morgan fingerprint density at radius 3 is 2.39 bits per heavy atom. The number of halogens is 4. The fourth-order valence-electron chi connectivity index (χ4n) is 2.63. The zero-order valence-corrected chi connectivity index (χ0v) is 16.0. The fourth-order valence-corrected chi connectivity index (χ4v) is 2.63. The van der Waals surface area contributed by atoms with Gasteiger partial charge in [-0.25, -0.2) is 9.37 Å². The molecule has 0 atom stereocenters. The van der Waals surface area contributed by atoms with Crippen molar-refractivity contribution in [2.45, 2.75) is 12.6 Å². The quantitative estimate of drug-likeness (QED) is 0.422. The van der Waals surface area contributed by atoms with E-state index in [1.54, 1.807) is 0 Å². The van der Waals surface area contributed by atoms with Crippen LogP contribution >= 0.6 is 0 Å². The molecule has 0 aliphatic rings. The predicted molar refractivity (Wildman–Crippen MR) is 103 cm³/mol. The third kappa shape index (κ3) is 5.91. The smallest absolute Gasteiger partial charge is 0.433 e. The van der Waals surface area contributed by atoms with E-state index in [-0.39, 0.29) is 24.7 Å². The highest BCUT2D eigenvalue weighted by molar-refractivity contribution is 5.92. The Bertz CT molecular complexity index is 1060. The predicted octanol–water partition coefficient (Wildman–Crippen LogP) is 4.25. The number of benzene rings is 1. The molecule has 3 rings (SSSR count). The molecule has 3 aromatic rings. The Morgan fingerprint density at radius 2 is 1.71 bits per heavy atom. The van der Waals surface area contributed by atoms with Crippen molar-refractivity contribution in [1.29, 1.82) is 0 Å². The van der Waals surface area contributed by atoms with E-state index in [0.717, 1.165) is 12.3 Å². The van der Waals surface area contributed by atoms with E-state index in [2.05, 4.69) is 9.97 Å². The Balaban J connectivity index is 1.63. The van der Waals surface area contributed by atoms with Gasteiger partial charge in [-0.3, -0.25) is 9.78 Å². The average Bonchev–Trinajstić information content (AvgIpc) is 2.74. The highest BCUT2D eigenvalue weighted by atomic mass is 19.4. The fraction of sp³-hybridized carbons (Fsp3) is 0.190. The third-order valence-electron chi connectivity index (χ3n) is 4.11. The van der Waals surface area contributed by atoms with Gasteiger partial charge in [0, 0.05) is 24.2 Å². The van der Waals surface area contributed by atoms with Gasteiger partial charge in [-0.15, -0.1) is 0 Å². The number of primary amides is 1. The van der Waals surface area contributed by atoms with Gasteiger partial charge in [0.1, 0.15) is 28.7 Å². The maximum atomic E-state index is 13.2. The summed E-state index contributed by atoms with van der Waals surface area (Å²) in [6.07, 6.45) is -1.85. The van der Waals surface area contributed by atoms with Gasteiger partial charge in [-0.05, 0) is 29.8 Å². The number of nitrogens with zero attached hydrogens (tertiary/aromatic N) is 2. The van der Waals surface area contributed by atoms with Crippen LogP contribution in [0.4, 0.5) is 17.6 Å². The number of carbonyl (C=O) groups is 1. The Kier molecular flexibility index (Phi) is 6.68. The summed E-state index contributed by atoms with van der Waals surface area (Å²) < 4.78 is 62.3. The number of rotatable bonds is 8. The van der Waals surface area contributed by atoms with E-state index in [1.807, 2.05) is 0 Å². The van der Waals surface area contributed by atoms with Gasteiger partial charge < -0.3 is 15.2 Å². The number of aromatic nitrogens is 2. The van der Waals surface area contributed by atoms with Crippen LogP contribution in [-0.2, 0) is 6.18 Å². The van der Waals surface area contributed by atoms with E-state index in [4.69, 9.17) is 15.2 Å². The number of carbonyl (C=O) groups excluding carboxylic acids is 1. The van der Waals surface area contributed by atoms with Crippen LogP contribution in [0.15, 0.2) is 54.9 Å². The maximum Gasteiger partial charge on any atom is 0.433 e. The lowest BCUT2D eigenvalue weighted by molar-refractivity contribution is -0.141. The number of nitrogens with two attached hydrogens (primary N) is 1. The summed E-state index contributed by atoms with van der Waals surface area (Å²) >= 11 is 0. The van der Waals surface area contributed by atoms with E-state index < -0.39 is 23.6 Å². The molecule has 0 radical (unpaired) electrons. The first-order valence-electron chi connectivity index (χ1n) is 9.08. The van der Waals surface area contributed by atoms with Crippen LogP contribution in [-0.4, -0.2) is 29.1 Å². The van der Waals surface area contributed by atoms with Crippen LogP contribution < -0.4 is 15.2 Å². The largest absolute Gasteiger partial charge is 0.493 e. The number of ether oxygens (including phenoxy) is 2. The molecule has 0 spiro atoms. The number of amides is 1. The van der Waals surface area contributed by atoms with Crippen LogP contribution in [0.1, 0.15) is 22.6 Å². The summed E-state index contributed by atoms with van der Waals surface area (Å²) in [5, 5.41) is 0. The molecule has 0 aliphatic carbocycles. The Morgan fingerprint density at radius 1 is 1.00 bits per heavy atom. The molecule has 6 nitrogen and oxygen atoms in total. The average molecular weight is 435 g/mol. The number of pyridine rings is 2. The highest BCUT2D eigenvalue weighted by Crippen LogP contribution is 2.31. The zero-order valence-electron chi connectivity index (χ0n) is 16.0. The van der Waals surface area contributed by atoms with Crippen LogP contribution in [0.3, 0.4) is 0 Å². The molecule has 0 aliphatic heterocycles. The molecule has 10 heteroatoms. The van der Waals surface area contributed by atoms with Crippen molar-refractivity contribution in [3.8, 4) is 22.6 Å². The Hall–Kier alpha value is -3.69. The topological polar surface area (TPSA) is 87.3 Å². The zero-order chi connectivity index (χ0) is 22.4. The summed E-state index contributed by atoms with van der Waals surface area (Å²) in [6, 6.07) is 9.16. The lowest BCUT2D eigenvalue weighted by Gasteiger charge is -2.13. The van der Waals surface area contributed by atoms with Crippen molar-refractivity contribution in [3.63, 3.8) is 0 Å². The van der Waals surface area contributed by atoms with Crippen molar-refractivity contribution in [2.75, 3.05) is 13.2 Å². The first-order chi connectivity index (χ1) is 14.7. The summed E-state index contributed by atoms with van der Waals surface area (Å²) in [6.45, 7) is 0.253. The van der Waals surface area contributed by atoms with Gasteiger partial charge in [-0.2, -0.15) is 13.2 Å². The minimum Gasteiger partial charge on any atom is -0.493 e. The molecule has 0 saturated carbocycles. The first-order valence-corrected chi connectivity index (χ1v) is 9.08. The summed E-state index contributed by atoms with van der Waals surface area (Å²) in [7, 11) is 0. The molecular weight excluding hydrogens is 418 g/mol. The molecule has 162 valence electrons. The van der Waals surface area contributed by atoms with Crippen molar-refractivity contribution in [1.82, 2.24) is 9.97 Å². The lowest BCUT2D eigenvalue weighted by atomic mass is 10.0. The molecule has 2 heterocycles. The second-order valence-corrected chi connectivity index (χ2v) is 6.36. The first kappa shape index (κ1) is 22.0. The van der Waals surface area contributed by atoms with E-state index in [1.165, 1.54) is 42.6 Å². The molecule has 1 aromatic carbocycles. The van der Waals surface area contributed by atoms with Gasteiger partial charge in [0.25, 0.3) is 5.91 Å². The van der Waals surface area contributed by atoms with Crippen molar-refractivity contribution in [3.05, 3.63) is 72.1 Å². The Labute approximate surface area is 174 Å². The molecule has 31 heavy (non-hydrogen) atoms. The molecule has 1 amide bonds. The third-order valence-corrected chi connectivity index (χ3v) is 4.11. The number of hydrogen-bond acceptors (Lipinski definition) is 5. The molecule has 2 aromatic heterocycles. The van der Waals surface area contributed by atoms with Gasteiger partial charge in [-0.1, -0.05) is 12.1 Å². The van der Waals surface area contributed by atoms with Gasteiger partial charge in [0.15, 0.2) is 0 Å². The molecule has 2 N–H and O–H groups in total. The number of alkyl halides is 3. The minimum absolute atomic E-state index is 0.0214. The minimum atomic E-state index is -4.55. The highest BCUT2D eigenvalue weighted by Gasteiger charge is 2.32. The van der Waals surface area contributed by atoms with E-state index in [9.17, 15) is 22.4 Å². The van der Waals surface area contributed by atoms with Crippen LogP contribution in [0, 0.1) is 5.82 Å². The summed E-state index contributed by atoms with van der Waals surface area (Å²) in [4.78, 5) is 18.6. The summed E-state index contributed by atoms with van der Waals surface area (Å²) in [5.74, 6) is -0.766. The SMILES string of the molecule is NC(=O)c1cc(-c2ccc(F)cc2)c(OCCCOc2ccnc(C(F)(F)F)c2)cn1. The van der Waals surface area contributed by atoms with Crippen LogP contribution in [0.25, 0.3) is 11.1 Å².